The van der Waals surface area contributed by atoms with Crippen LogP contribution in [0.4, 0.5) is 11.4 Å². The van der Waals surface area contributed by atoms with Crippen LogP contribution >= 0.6 is 0 Å². The number of hydrogen-bond donors (Lipinski definition) is 2. The monoisotopic (exact) mass is 323 g/mol. The van der Waals surface area contributed by atoms with Gasteiger partial charge in [0.15, 0.2) is 6.61 Å². The molecule has 1 aromatic carbocycles. The summed E-state index contributed by atoms with van der Waals surface area (Å²) in [7, 11) is 0. The zero-order valence-electron chi connectivity index (χ0n) is 12.0. The number of nitro benzene ring substituents is 1. The van der Waals surface area contributed by atoms with Crippen molar-refractivity contribution in [2.45, 2.75) is 13.0 Å². The highest BCUT2D eigenvalue weighted by molar-refractivity contribution is 6.02. The van der Waals surface area contributed by atoms with Crippen LogP contribution in [0, 0.1) is 10.1 Å². The predicted molar refractivity (Wildman–Crippen MR) is 76.2 cm³/mol. The molecule has 0 fully saturated rings. The maximum absolute atomic E-state index is 11.9. The molecule has 1 aliphatic rings. The summed E-state index contributed by atoms with van der Waals surface area (Å²) in [6.45, 7) is 0.501. The molecule has 2 N–H and O–H groups in total. The minimum atomic E-state index is -1.22. The summed E-state index contributed by atoms with van der Waals surface area (Å²) in [6, 6.07) is 2.56. The molecule has 0 bridgehead atoms. The number of carbonyl (C=O) groups is 3. The normalized spacial score (nSPS) is 14.5. The molecule has 1 heterocycles. The van der Waals surface area contributed by atoms with Crippen molar-refractivity contribution in [1.82, 2.24) is 5.32 Å². The molecule has 0 radical (unpaired) electrons. The number of rotatable bonds is 5. The van der Waals surface area contributed by atoms with E-state index in [-0.39, 0.29) is 23.7 Å². The summed E-state index contributed by atoms with van der Waals surface area (Å²) in [4.78, 5) is 45.7. The van der Waals surface area contributed by atoms with Gasteiger partial charge in [0.25, 0.3) is 11.6 Å². The molecular weight excluding hydrogens is 310 g/mol. The topological polar surface area (TPSA) is 139 Å². The summed E-state index contributed by atoms with van der Waals surface area (Å²) in [6.07, 6.45) is 0. The fourth-order valence-electron chi connectivity index (χ4n) is 1.97. The lowest BCUT2D eigenvalue weighted by molar-refractivity contribution is -0.384. The van der Waals surface area contributed by atoms with Crippen molar-refractivity contribution in [2.75, 3.05) is 18.1 Å². The molecule has 0 unspecified atom stereocenters. The lowest BCUT2D eigenvalue weighted by Gasteiger charge is -2.28. The molecule has 122 valence electrons. The number of fused-ring (bicyclic) bond motifs is 1. The Bertz CT molecular complexity index is 688. The molecule has 23 heavy (non-hydrogen) atoms. The van der Waals surface area contributed by atoms with Crippen LogP contribution in [0.25, 0.3) is 0 Å². The molecule has 0 saturated carbocycles. The summed E-state index contributed by atoms with van der Waals surface area (Å²) in [5, 5.41) is 21.8. The number of carboxylic acid groups (broad SMARTS) is 1. The van der Waals surface area contributed by atoms with E-state index < -0.39 is 35.3 Å². The number of nitro groups is 1. The maximum Gasteiger partial charge on any atom is 0.325 e. The van der Waals surface area contributed by atoms with Crippen molar-refractivity contribution < 1.29 is 29.2 Å². The third-order valence-electron chi connectivity index (χ3n) is 3.15. The fourth-order valence-corrected chi connectivity index (χ4v) is 1.97. The van der Waals surface area contributed by atoms with Crippen LogP contribution in [0.5, 0.6) is 5.75 Å². The lowest BCUT2D eigenvalue weighted by atomic mass is 10.2. The summed E-state index contributed by atoms with van der Waals surface area (Å²) >= 11 is 0. The highest BCUT2D eigenvalue weighted by Crippen LogP contribution is 2.35. The molecule has 2 rings (SSSR count). The van der Waals surface area contributed by atoms with E-state index in [1.165, 1.54) is 19.1 Å². The second-order valence-electron chi connectivity index (χ2n) is 4.81. The molecule has 1 aliphatic heterocycles. The van der Waals surface area contributed by atoms with Gasteiger partial charge in [-0.3, -0.25) is 29.4 Å². The number of carboxylic acids is 1. The third-order valence-corrected chi connectivity index (χ3v) is 3.15. The van der Waals surface area contributed by atoms with Gasteiger partial charge in [0.1, 0.15) is 18.3 Å². The SMILES string of the molecule is C[C@@H](NC(=O)CN1C(=O)COc2ccc([N+](=O)[O-])cc21)C(=O)O. The Hall–Kier alpha value is -3.17. The predicted octanol–water partition coefficient (Wildman–Crippen LogP) is -0.0905. The Kier molecular flexibility index (Phi) is 4.44. The molecule has 0 spiro atoms. The largest absolute Gasteiger partial charge is 0.482 e. The van der Waals surface area contributed by atoms with Crippen LogP contribution in [0.15, 0.2) is 18.2 Å². The highest BCUT2D eigenvalue weighted by Gasteiger charge is 2.29. The first-order valence-electron chi connectivity index (χ1n) is 6.53. The smallest absolute Gasteiger partial charge is 0.325 e. The maximum atomic E-state index is 11.9. The van der Waals surface area contributed by atoms with Crippen molar-refractivity contribution in [1.29, 1.82) is 0 Å². The van der Waals surface area contributed by atoms with Gasteiger partial charge in [0.2, 0.25) is 5.91 Å². The summed E-state index contributed by atoms with van der Waals surface area (Å²) < 4.78 is 5.16. The number of non-ortho nitro benzene ring substituents is 1. The molecule has 0 aromatic heterocycles. The van der Waals surface area contributed by atoms with Crippen molar-refractivity contribution in [3.63, 3.8) is 0 Å². The number of anilines is 1. The molecule has 0 saturated heterocycles. The molecule has 1 aromatic rings. The molecule has 0 aliphatic carbocycles. The number of nitrogens with one attached hydrogen (secondary N) is 1. The Labute approximate surface area is 129 Å². The second-order valence-corrected chi connectivity index (χ2v) is 4.81. The quantitative estimate of drug-likeness (QED) is 0.570. The van der Waals surface area contributed by atoms with Gasteiger partial charge in [-0.2, -0.15) is 0 Å². The Morgan fingerprint density at radius 1 is 1.52 bits per heavy atom. The van der Waals surface area contributed by atoms with Crippen molar-refractivity contribution in [3.05, 3.63) is 28.3 Å². The van der Waals surface area contributed by atoms with Crippen LogP contribution in [-0.2, 0) is 14.4 Å². The van der Waals surface area contributed by atoms with Crippen LogP contribution in [0.2, 0.25) is 0 Å². The number of ether oxygens (including phenoxy) is 1. The summed E-state index contributed by atoms with van der Waals surface area (Å²) in [5.74, 6) is -2.25. The minimum Gasteiger partial charge on any atom is -0.482 e. The van der Waals surface area contributed by atoms with Gasteiger partial charge in [-0.1, -0.05) is 0 Å². The van der Waals surface area contributed by atoms with Crippen LogP contribution in [-0.4, -0.2) is 47.0 Å². The first-order valence-corrected chi connectivity index (χ1v) is 6.53. The van der Waals surface area contributed by atoms with E-state index in [1.807, 2.05) is 0 Å². The van der Waals surface area contributed by atoms with Crippen molar-refractivity contribution in [2.24, 2.45) is 0 Å². The van der Waals surface area contributed by atoms with Gasteiger partial charge < -0.3 is 15.2 Å². The zero-order chi connectivity index (χ0) is 17.1. The Morgan fingerprint density at radius 2 is 2.22 bits per heavy atom. The first-order chi connectivity index (χ1) is 10.8. The zero-order valence-corrected chi connectivity index (χ0v) is 12.0. The Morgan fingerprint density at radius 3 is 2.83 bits per heavy atom. The molecule has 10 heteroatoms. The van der Waals surface area contributed by atoms with E-state index >= 15 is 0 Å². The molecule has 10 nitrogen and oxygen atoms in total. The molecular formula is C13H13N3O7. The van der Waals surface area contributed by atoms with Gasteiger partial charge in [-0.05, 0) is 13.0 Å². The average Bonchev–Trinajstić information content (AvgIpc) is 2.49. The summed E-state index contributed by atoms with van der Waals surface area (Å²) in [5.41, 5.74) is -0.167. The fraction of sp³-hybridized carbons (Fsp3) is 0.308. The van der Waals surface area contributed by atoms with Crippen LogP contribution in [0.1, 0.15) is 6.92 Å². The van der Waals surface area contributed by atoms with E-state index in [9.17, 15) is 24.5 Å². The average molecular weight is 323 g/mol. The number of nitrogens with zero attached hydrogens (tertiary/aromatic N) is 2. The van der Waals surface area contributed by atoms with Gasteiger partial charge in [-0.25, -0.2) is 0 Å². The number of aliphatic carboxylic acids is 1. The number of hydrogen-bond acceptors (Lipinski definition) is 6. The van der Waals surface area contributed by atoms with E-state index in [1.54, 1.807) is 0 Å². The van der Waals surface area contributed by atoms with Crippen LogP contribution in [0.3, 0.4) is 0 Å². The number of benzene rings is 1. The second kappa shape index (κ2) is 6.30. The van der Waals surface area contributed by atoms with Gasteiger partial charge in [-0.15, -0.1) is 0 Å². The molecule has 2 amide bonds. The van der Waals surface area contributed by atoms with Crippen molar-refractivity contribution >= 4 is 29.2 Å². The lowest BCUT2D eigenvalue weighted by Crippen LogP contribution is -2.48. The van der Waals surface area contributed by atoms with E-state index in [0.717, 1.165) is 11.0 Å². The van der Waals surface area contributed by atoms with Gasteiger partial charge in [0.05, 0.1) is 10.6 Å². The third kappa shape index (κ3) is 3.54. The minimum absolute atomic E-state index is 0.0913. The standard InChI is InChI=1S/C13H13N3O7/c1-7(13(19)20)14-11(17)5-15-9-4-8(16(21)22)2-3-10(9)23-6-12(15)18/h2-4,7H,5-6H2,1H3,(H,14,17)(H,19,20)/t7-/m1/s1. The first kappa shape index (κ1) is 16.2. The Balaban J connectivity index is 2.24. The van der Waals surface area contributed by atoms with Gasteiger partial charge >= 0.3 is 5.97 Å². The number of amides is 2. The van der Waals surface area contributed by atoms with Gasteiger partial charge in [0, 0.05) is 12.1 Å². The van der Waals surface area contributed by atoms with E-state index in [4.69, 9.17) is 9.84 Å². The van der Waals surface area contributed by atoms with E-state index in [2.05, 4.69) is 5.32 Å². The highest BCUT2D eigenvalue weighted by atomic mass is 16.6. The molecule has 1 atom stereocenters. The van der Waals surface area contributed by atoms with E-state index in [0.29, 0.717) is 0 Å². The van der Waals surface area contributed by atoms with Crippen LogP contribution < -0.4 is 15.0 Å². The number of carbonyl (C=O) groups excluding carboxylic acids is 2. The van der Waals surface area contributed by atoms with Crippen molar-refractivity contribution in [3.8, 4) is 5.75 Å².